The summed E-state index contributed by atoms with van der Waals surface area (Å²) in [7, 11) is 4.12. The van der Waals surface area contributed by atoms with Gasteiger partial charge in [0.25, 0.3) is 0 Å². The molecule has 0 amide bonds. The van der Waals surface area contributed by atoms with Crippen molar-refractivity contribution in [3.05, 3.63) is 6.20 Å². The first-order chi connectivity index (χ1) is 9.11. The maximum Gasteiger partial charge on any atom is 0.226 e. The molecule has 0 aromatic carbocycles. The Kier molecular flexibility index (Phi) is 4.16. The van der Waals surface area contributed by atoms with Gasteiger partial charge in [0, 0.05) is 19.1 Å². The molecular weight excluding hydrogens is 242 g/mol. The Hall–Kier alpha value is -1.89. The van der Waals surface area contributed by atoms with Gasteiger partial charge >= 0.3 is 0 Å². The van der Waals surface area contributed by atoms with Gasteiger partial charge in [-0.25, -0.2) is 0 Å². The molecule has 0 spiro atoms. The SMILES string of the molecule is CCNc1nc(NCC(C)N(C)C)c2cn[nH]c2n1. The van der Waals surface area contributed by atoms with Crippen LogP contribution in [-0.4, -0.2) is 58.3 Å². The van der Waals surface area contributed by atoms with Crippen LogP contribution in [-0.2, 0) is 0 Å². The number of fused-ring (bicyclic) bond motifs is 1. The van der Waals surface area contributed by atoms with Gasteiger partial charge in [-0.2, -0.15) is 15.1 Å². The molecule has 7 heteroatoms. The van der Waals surface area contributed by atoms with Crippen molar-refractivity contribution in [3.63, 3.8) is 0 Å². The fourth-order valence-corrected chi connectivity index (χ4v) is 1.63. The molecule has 0 saturated heterocycles. The van der Waals surface area contributed by atoms with Crippen LogP contribution >= 0.6 is 0 Å². The monoisotopic (exact) mass is 263 g/mol. The Morgan fingerprint density at radius 2 is 2.11 bits per heavy atom. The van der Waals surface area contributed by atoms with E-state index in [2.05, 4.69) is 56.7 Å². The minimum Gasteiger partial charge on any atom is -0.368 e. The topological polar surface area (TPSA) is 81.8 Å². The molecule has 104 valence electrons. The minimum absolute atomic E-state index is 0.416. The molecule has 0 fully saturated rings. The van der Waals surface area contributed by atoms with Crippen LogP contribution < -0.4 is 10.6 Å². The highest BCUT2D eigenvalue weighted by molar-refractivity contribution is 5.86. The van der Waals surface area contributed by atoms with Crippen molar-refractivity contribution < 1.29 is 0 Å². The van der Waals surface area contributed by atoms with Crippen LogP contribution in [0.4, 0.5) is 11.8 Å². The predicted molar refractivity (Wildman–Crippen MR) is 77.5 cm³/mol. The van der Waals surface area contributed by atoms with Gasteiger partial charge in [-0.1, -0.05) is 0 Å². The van der Waals surface area contributed by atoms with Crippen LogP contribution in [0.5, 0.6) is 0 Å². The molecule has 2 rings (SSSR count). The van der Waals surface area contributed by atoms with E-state index in [0.717, 1.165) is 29.9 Å². The highest BCUT2D eigenvalue weighted by Crippen LogP contribution is 2.19. The first-order valence-corrected chi connectivity index (χ1v) is 6.47. The van der Waals surface area contributed by atoms with Crippen molar-refractivity contribution in [2.45, 2.75) is 19.9 Å². The van der Waals surface area contributed by atoms with Crippen LogP contribution in [0.3, 0.4) is 0 Å². The third-order valence-electron chi connectivity index (χ3n) is 3.09. The summed E-state index contributed by atoms with van der Waals surface area (Å²) < 4.78 is 0. The van der Waals surface area contributed by atoms with E-state index < -0.39 is 0 Å². The largest absolute Gasteiger partial charge is 0.368 e. The Bertz CT molecular complexity index is 534. The number of hydrogen-bond acceptors (Lipinski definition) is 6. The highest BCUT2D eigenvalue weighted by Gasteiger charge is 2.10. The van der Waals surface area contributed by atoms with Gasteiger partial charge in [-0.3, -0.25) is 5.10 Å². The second kappa shape index (κ2) is 5.83. The molecule has 7 nitrogen and oxygen atoms in total. The first kappa shape index (κ1) is 13.5. The van der Waals surface area contributed by atoms with Crippen molar-refractivity contribution in [2.24, 2.45) is 0 Å². The molecule has 0 radical (unpaired) electrons. The zero-order valence-corrected chi connectivity index (χ0v) is 11.9. The zero-order chi connectivity index (χ0) is 13.8. The number of nitrogens with zero attached hydrogens (tertiary/aromatic N) is 4. The van der Waals surface area contributed by atoms with Crippen LogP contribution in [0.25, 0.3) is 11.0 Å². The number of hydrogen-bond donors (Lipinski definition) is 3. The predicted octanol–water partition coefficient (Wildman–Crippen LogP) is 1.15. The third kappa shape index (κ3) is 3.11. The summed E-state index contributed by atoms with van der Waals surface area (Å²) in [4.78, 5) is 11.0. The van der Waals surface area contributed by atoms with Gasteiger partial charge in [-0.05, 0) is 27.9 Å². The summed E-state index contributed by atoms with van der Waals surface area (Å²) >= 11 is 0. The van der Waals surface area contributed by atoms with Gasteiger partial charge in [0.05, 0.1) is 11.6 Å². The molecule has 2 aromatic rings. The van der Waals surface area contributed by atoms with Gasteiger partial charge in [0.2, 0.25) is 5.95 Å². The maximum atomic E-state index is 4.48. The number of anilines is 2. The van der Waals surface area contributed by atoms with Crippen LogP contribution in [0.2, 0.25) is 0 Å². The number of aromatic amines is 1. The molecule has 19 heavy (non-hydrogen) atoms. The average Bonchev–Trinajstić information content (AvgIpc) is 2.84. The van der Waals surface area contributed by atoms with Crippen LogP contribution in [0.1, 0.15) is 13.8 Å². The van der Waals surface area contributed by atoms with Crippen molar-refractivity contribution in [2.75, 3.05) is 37.8 Å². The Morgan fingerprint density at radius 3 is 2.79 bits per heavy atom. The first-order valence-electron chi connectivity index (χ1n) is 6.47. The second-order valence-corrected chi connectivity index (χ2v) is 4.75. The Morgan fingerprint density at radius 1 is 1.32 bits per heavy atom. The van der Waals surface area contributed by atoms with E-state index >= 15 is 0 Å². The number of nitrogens with one attached hydrogen (secondary N) is 3. The molecule has 2 heterocycles. The molecule has 2 aromatic heterocycles. The van der Waals surface area contributed by atoms with E-state index in [1.807, 2.05) is 6.92 Å². The fourth-order valence-electron chi connectivity index (χ4n) is 1.63. The van der Waals surface area contributed by atoms with E-state index in [0.29, 0.717) is 12.0 Å². The lowest BCUT2D eigenvalue weighted by Crippen LogP contribution is -2.31. The van der Waals surface area contributed by atoms with Crippen LogP contribution in [0, 0.1) is 0 Å². The van der Waals surface area contributed by atoms with E-state index in [1.54, 1.807) is 6.20 Å². The summed E-state index contributed by atoms with van der Waals surface area (Å²) in [6.07, 6.45) is 1.74. The van der Waals surface area contributed by atoms with Gasteiger partial charge in [0.1, 0.15) is 5.82 Å². The molecule has 1 unspecified atom stereocenters. The van der Waals surface area contributed by atoms with Crippen molar-refractivity contribution in [3.8, 4) is 0 Å². The molecule has 0 bridgehead atoms. The van der Waals surface area contributed by atoms with E-state index in [-0.39, 0.29) is 0 Å². The van der Waals surface area contributed by atoms with Crippen molar-refractivity contribution >= 4 is 22.8 Å². The minimum atomic E-state index is 0.416. The maximum absolute atomic E-state index is 4.48. The normalized spacial score (nSPS) is 12.9. The van der Waals surface area contributed by atoms with Gasteiger partial charge in [-0.15, -0.1) is 0 Å². The smallest absolute Gasteiger partial charge is 0.226 e. The van der Waals surface area contributed by atoms with Gasteiger partial charge in [0.15, 0.2) is 5.65 Å². The standard InChI is InChI=1S/C12H21N7/c1-5-13-12-16-10(14-6-8(2)19(3)4)9-7-15-18-11(9)17-12/h7-8H,5-6H2,1-4H3,(H3,13,14,15,16,17,18). The van der Waals surface area contributed by atoms with Crippen LogP contribution in [0.15, 0.2) is 6.20 Å². The van der Waals surface area contributed by atoms with E-state index in [1.165, 1.54) is 0 Å². The lowest BCUT2D eigenvalue weighted by molar-refractivity contribution is 0.326. The quantitative estimate of drug-likeness (QED) is 0.725. The molecule has 0 saturated carbocycles. The Labute approximate surface area is 112 Å². The lowest BCUT2D eigenvalue weighted by atomic mass is 10.3. The molecule has 0 aliphatic carbocycles. The number of aromatic nitrogens is 4. The lowest BCUT2D eigenvalue weighted by Gasteiger charge is -2.20. The summed E-state index contributed by atoms with van der Waals surface area (Å²) in [6, 6.07) is 0.416. The second-order valence-electron chi connectivity index (χ2n) is 4.75. The van der Waals surface area contributed by atoms with E-state index in [9.17, 15) is 0 Å². The highest BCUT2D eigenvalue weighted by atomic mass is 15.2. The average molecular weight is 263 g/mol. The summed E-state index contributed by atoms with van der Waals surface area (Å²) in [6.45, 7) is 5.77. The molecule has 3 N–H and O–H groups in total. The molecule has 0 aliphatic heterocycles. The third-order valence-corrected chi connectivity index (χ3v) is 3.09. The van der Waals surface area contributed by atoms with E-state index in [4.69, 9.17) is 0 Å². The summed E-state index contributed by atoms with van der Waals surface area (Å²) in [5, 5.41) is 14.3. The van der Waals surface area contributed by atoms with Crippen molar-refractivity contribution in [1.82, 2.24) is 25.1 Å². The molecule has 1 atom stereocenters. The fraction of sp³-hybridized carbons (Fsp3) is 0.583. The number of rotatable bonds is 6. The van der Waals surface area contributed by atoms with Gasteiger partial charge < -0.3 is 15.5 Å². The zero-order valence-electron chi connectivity index (χ0n) is 11.9. The number of H-pyrrole nitrogens is 1. The summed E-state index contributed by atoms with van der Waals surface area (Å²) in [5.41, 5.74) is 0.742. The molecule has 0 aliphatic rings. The Balaban J connectivity index is 2.22. The number of likely N-dealkylation sites (N-methyl/N-ethyl adjacent to an activating group) is 1. The molecular formula is C12H21N7. The summed E-state index contributed by atoms with van der Waals surface area (Å²) in [5.74, 6) is 1.42. The van der Waals surface area contributed by atoms with Crippen molar-refractivity contribution in [1.29, 1.82) is 0 Å².